The molecule has 5 nitrogen and oxygen atoms in total. The van der Waals surface area contributed by atoms with E-state index < -0.39 is 6.04 Å². The second-order valence-electron chi connectivity index (χ2n) is 10.1. The topological polar surface area (TPSA) is 55.4 Å². The molecule has 0 aromatic heterocycles. The molecule has 3 aliphatic rings. The Kier molecular flexibility index (Phi) is 7.90. The van der Waals surface area contributed by atoms with Gasteiger partial charge in [0.25, 0.3) is 0 Å². The van der Waals surface area contributed by atoms with Crippen molar-refractivity contribution in [2.45, 2.75) is 39.3 Å². The second kappa shape index (κ2) is 11.1. The lowest BCUT2D eigenvalue weighted by Gasteiger charge is -2.51. The van der Waals surface area contributed by atoms with E-state index in [0.29, 0.717) is 23.5 Å². The van der Waals surface area contributed by atoms with E-state index in [1.807, 2.05) is 91.9 Å². The Bertz CT molecular complexity index is 1150. The lowest BCUT2D eigenvalue weighted by atomic mass is 9.82. The van der Waals surface area contributed by atoms with Crippen LogP contribution in [0.25, 0.3) is 0 Å². The molecule has 5 heteroatoms. The Balaban J connectivity index is 0.00000304. The van der Waals surface area contributed by atoms with Crippen LogP contribution < -0.4 is 5.32 Å². The van der Waals surface area contributed by atoms with Gasteiger partial charge in [-0.25, -0.2) is 4.79 Å². The van der Waals surface area contributed by atoms with E-state index in [2.05, 4.69) is 5.32 Å². The summed E-state index contributed by atoms with van der Waals surface area (Å²) in [5.74, 6) is 0.268. The predicted octanol–water partition coefficient (Wildman–Crippen LogP) is 5.82. The number of hydrogen-bond donors (Lipinski definition) is 1. The van der Waals surface area contributed by atoms with Crippen molar-refractivity contribution < 1.29 is 18.8 Å². The molecule has 6 rings (SSSR count). The number of esters is 1. The molecule has 2 atom stereocenters. The first-order valence-electron chi connectivity index (χ1n) is 12.5. The summed E-state index contributed by atoms with van der Waals surface area (Å²) in [6.45, 7) is 5.16. The van der Waals surface area contributed by atoms with E-state index in [-0.39, 0.29) is 25.3 Å². The quantitative estimate of drug-likeness (QED) is 0.248. The predicted molar refractivity (Wildman–Crippen MR) is 144 cm³/mol. The highest BCUT2D eigenvalue weighted by Gasteiger charge is 2.49. The van der Waals surface area contributed by atoms with E-state index in [0.717, 1.165) is 48.3 Å². The number of piperidine rings is 3. The number of aryl methyl sites for hydroxylation is 1. The largest absolute Gasteiger partial charge is 0.454 e. The van der Waals surface area contributed by atoms with E-state index in [1.54, 1.807) is 0 Å². The lowest BCUT2D eigenvalue weighted by Crippen LogP contribution is -2.65. The first-order valence-corrected chi connectivity index (χ1v) is 12.5. The van der Waals surface area contributed by atoms with Crippen molar-refractivity contribution in [2.75, 3.05) is 31.5 Å². The minimum absolute atomic E-state index is 0. The summed E-state index contributed by atoms with van der Waals surface area (Å²) in [5, 5.41) is 3.38. The van der Waals surface area contributed by atoms with Gasteiger partial charge in [-0.2, -0.15) is 0 Å². The normalized spacial score (nSPS) is 23.2. The third-order valence-electron chi connectivity index (χ3n) is 7.61. The summed E-state index contributed by atoms with van der Waals surface area (Å²) in [4.78, 5) is 26.6. The second-order valence-corrected chi connectivity index (χ2v) is 10.1. The molecular weight excluding hydrogens is 448 g/mol. The van der Waals surface area contributed by atoms with Gasteiger partial charge in [0.1, 0.15) is 13.1 Å². The number of nitrogens with zero attached hydrogens (tertiary/aromatic N) is 1. The number of anilines is 1. The standard InChI is InChI=1S/C30H33N2O3.CH4/c1-22-12-14-25(15-13-22)29(31-26-10-6-3-7-11-26)30(34)35-28-21-32(18-16-24(28)17-19-32)20-27(33)23-8-4-2-5-9-23;/h2-15,24,28-29,31H,16-21H2,1H3;1H4/q+1;/t24?,28-,29?,32?;/m0./s1. The van der Waals surface area contributed by atoms with Crippen LogP contribution in [0, 0.1) is 12.8 Å². The van der Waals surface area contributed by atoms with Crippen molar-refractivity contribution in [2.24, 2.45) is 5.92 Å². The fraction of sp³-hybridized carbons (Fsp3) is 0.355. The molecular formula is C31H37N2O3+. The van der Waals surface area contributed by atoms with E-state index >= 15 is 0 Å². The number of carbonyl (C=O) groups excluding carboxylic acids is 2. The lowest BCUT2D eigenvalue weighted by molar-refractivity contribution is -0.938. The number of fused-ring (bicyclic) bond motifs is 3. The van der Waals surface area contributed by atoms with Crippen molar-refractivity contribution in [1.82, 2.24) is 0 Å². The number of benzene rings is 3. The maximum Gasteiger partial charge on any atom is 0.333 e. The minimum atomic E-state index is -0.590. The van der Waals surface area contributed by atoms with Gasteiger partial charge in [-0.3, -0.25) is 4.79 Å². The molecule has 3 aliphatic heterocycles. The Morgan fingerprint density at radius 1 is 0.917 bits per heavy atom. The molecule has 1 N–H and O–H groups in total. The molecule has 2 bridgehead atoms. The Hall–Kier alpha value is -3.44. The minimum Gasteiger partial charge on any atom is -0.454 e. The highest BCUT2D eigenvalue weighted by Crippen LogP contribution is 2.36. The summed E-state index contributed by atoms with van der Waals surface area (Å²) < 4.78 is 6.94. The zero-order valence-corrected chi connectivity index (χ0v) is 20.2. The number of carbonyl (C=O) groups is 2. The fourth-order valence-corrected chi connectivity index (χ4v) is 5.55. The molecule has 3 heterocycles. The summed E-state index contributed by atoms with van der Waals surface area (Å²) >= 11 is 0. The van der Waals surface area contributed by atoms with Crippen molar-refractivity contribution in [1.29, 1.82) is 0 Å². The summed E-state index contributed by atoms with van der Waals surface area (Å²) in [6, 6.07) is 26.7. The van der Waals surface area contributed by atoms with Crippen LogP contribution in [0.1, 0.15) is 47.8 Å². The highest BCUT2D eigenvalue weighted by molar-refractivity contribution is 5.97. The van der Waals surface area contributed by atoms with Gasteiger partial charge in [0.05, 0.1) is 13.1 Å². The monoisotopic (exact) mass is 485 g/mol. The van der Waals surface area contributed by atoms with Crippen LogP contribution in [0.2, 0.25) is 0 Å². The van der Waals surface area contributed by atoms with E-state index in [1.165, 1.54) is 0 Å². The van der Waals surface area contributed by atoms with E-state index in [4.69, 9.17) is 4.74 Å². The molecule has 188 valence electrons. The highest BCUT2D eigenvalue weighted by atomic mass is 16.5. The smallest absolute Gasteiger partial charge is 0.333 e. The van der Waals surface area contributed by atoms with Crippen LogP contribution >= 0.6 is 0 Å². The number of nitrogens with one attached hydrogen (secondary N) is 1. The van der Waals surface area contributed by atoms with Crippen molar-refractivity contribution in [3.05, 3.63) is 102 Å². The summed E-state index contributed by atoms with van der Waals surface area (Å²) in [5.41, 5.74) is 3.66. The van der Waals surface area contributed by atoms with Crippen LogP contribution in [0.15, 0.2) is 84.9 Å². The first kappa shape index (κ1) is 25.6. The number of ether oxygens (including phenoxy) is 1. The number of Topliss-reactive ketones (excluding diaryl/α,β-unsaturated/α-hetero) is 1. The molecule has 3 saturated heterocycles. The Labute approximate surface area is 214 Å². The Morgan fingerprint density at radius 3 is 2.17 bits per heavy atom. The molecule has 3 aromatic rings. The molecule has 36 heavy (non-hydrogen) atoms. The van der Waals surface area contributed by atoms with Crippen LogP contribution in [-0.2, 0) is 9.53 Å². The van der Waals surface area contributed by atoms with Gasteiger partial charge in [-0.1, -0.05) is 85.8 Å². The fourth-order valence-electron chi connectivity index (χ4n) is 5.55. The maximum atomic E-state index is 13.6. The van der Waals surface area contributed by atoms with Crippen LogP contribution in [0.5, 0.6) is 0 Å². The van der Waals surface area contributed by atoms with Crippen molar-refractivity contribution >= 4 is 17.4 Å². The third kappa shape index (κ3) is 5.68. The number of para-hydroxylation sites is 1. The SMILES string of the molecule is C.Cc1ccc(C(Nc2ccccc2)C(=O)O[C@H]2C[N+]3(CC(=O)c4ccccc4)CCC2CC3)cc1. The van der Waals surface area contributed by atoms with Gasteiger partial charge in [-0.05, 0) is 24.6 Å². The molecule has 1 unspecified atom stereocenters. The van der Waals surface area contributed by atoms with Gasteiger partial charge in [0.2, 0.25) is 5.78 Å². The molecule has 0 spiro atoms. The third-order valence-corrected chi connectivity index (χ3v) is 7.61. The zero-order valence-electron chi connectivity index (χ0n) is 20.2. The van der Waals surface area contributed by atoms with Crippen LogP contribution in [0.4, 0.5) is 5.69 Å². The van der Waals surface area contributed by atoms with Gasteiger partial charge < -0.3 is 14.5 Å². The molecule has 0 saturated carbocycles. The van der Waals surface area contributed by atoms with Gasteiger partial charge in [-0.15, -0.1) is 0 Å². The molecule has 0 amide bonds. The number of ketones is 1. The summed E-state index contributed by atoms with van der Waals surface area (Å²) in [6.07, 6.45) is 1.81. The summed E-state index contributed by atoms with van der Waals surface area (Å²) in [7, 11) is 0. The average molecular weight is 486 g/mol. The number of hydrogen-bond acceptors (Lipinski definition) is 4. The average Bonchev–Trinajstić information content (AvgIpc) is 2.89. The molecule has 3 aromatic carbocycles. The van der Waals surface area contributed by atoms with Crippen molar-refractivity contribution in [3.63, 3.8) is 0 Å². The molecule has 0 radical (unpaired) electrons. The number of rotatable bonds is 8. The van der Waals surface area contributed by atoms with Crippen molar-refractivity contribution in [3.8, 4) is 0 Å². The molecule has 3 fully saturated rings. The maximum absolute atomic E-state index is 13.6. The van der Waals surface area contributed by atoms with Gasteiger partial charge in [0.15, 0.2) is 12.1 Å². The first-order chi connectivity index (χ1) is 17.0. The zero-order chi connectivity index (χ0) is 24.3. The van der Waals surface area contributed by atoms with Crippen LogP contribution in [-0.4, -0.2) is 48.5 Å². The number of quaternary nitrogens is 1. The molecule has 0 aliphatic carbocycles. The van der Waals surface area contributed by atoms with Crippen LogP contribution in [0.3, 0.4) is 0 Å². The van der Waals surface area contributed by atoms with E-state index in [9.17, 15) is 9.59 Å². The van der Waals surface area contributed by atoms with Gasteiger partial charge in [0, 0.05) is 30.0 Å². The Morgan fingerprint density at radius 2 is 1.53 bits per heavy atom. The van der Waals surface area contributed by atoms with Gasteiger partial charge >= 0.3 is 5.97 Å².